The first-order chi connectivity index (χ1) is 8.52. The number of fused-ring (bicyclic) bond motifs is 1. The second-order valence-electron chi connectivity index (χ2n) is 3.71. The monoisotopic (exact) mass is 249 g/mol. The van der Waals surface area contributed by atoms with Gasteiger partial charge in [0.2, 0.25) is 0 Å². The number of carbonyl (C=O) groups excluding carboxylic acids is 1. The Kier molecular flexibility index (Phi) is 2.90. The summed E-state index contributed by atoms with van der Waals surface area (Å²) in [6.07, 6.45) is 0. The summed E-state index contributed by atoms with van der Waals surface area (Å²) >= 11 is 0. The fraction of sp³-hybridized carbons (Fsp3) is 0.0909. The van der Waals surface area contributed by atoms with Crippen molar-refractivity contribution in [2.24, 2.45) is 5.73 Å². The molecule has 2 aromatic rings. The fourth-order valence-corrected chi connectivity index (χ4v) is 1.78. The number of carboxylic acids is 1. The van der Waals surface area contributed by atoms with Gasteiger partial charge < -0.3 is 20.9 Å². The lowest BCUT2D eigenvalue weighted by Gasteiger charge is -1.99. The number of aliphatic hydroxyl groups excluding tert-OH is 1. The zero-order valence-electron chi connectivity index (χ0n) is 9.23. The van der Waals surface area contributed by atoms with Crippen LogP contribution in [-0.4, -0.2) is 27.2 Å². The molecule has 0 aliphatic heterocycles. The molecule has 6 N–H and O–H groups in total. The van der Waals surface area contributed by atoms with E-state index < -0.39 is 12.0 Å². The molecule has 0 aliphatic carbocycles. The Labute approximate surface area is 101 Å². The smallest absolute Gasteiger partial charge is 0.340 e. The predicted molar refractivity (Wildman–Crippen MR) is 64.4 cm³/mol. The Hall–Kier alpha value is -2.54. The van der Waals surface area contributed by atoms with Gasteiger partial charge >= 0.3 is 12.0 Å². The van der Waals surface area contributed by atoms with Crippen molar-refractivity contribution in [3.05, 3.63) is 29.3 Å². The minimum absolute atomic E-state index is 0.0279. The van der Waals surface area contributed by atoms with Gasteiger partial charge in [-0.05, 0) is 11.6 Å². The number of hydrogen-bond acceptors (Lipinski definition) is 3. The molecule has 1 heterocycles. The molecule has 7 heteroatoms. The maximum Gasteiger partial charge on any atom is 0.340 e. The Bertz CT molecular complexity index is 632. The van der Waals surface area contributed by atoms with Crippen LogP contribution in [0, 0.1) is 0 Å². The number of hydrogen-bond donors (Lipinski definition) is 5. The van der Waals surface area contributed by atoms with E-state index in [2.05, 4.69) is 10.3 Å². The van der Waals surface area contributed by atoms with Crippen LogP contribution in [0.15, 0.2) is 18.2 Å². The van der Waals surface area contributed by atoms with Gasteiger partial charge in [0, 0.05) is 10.9 Å². The summed E-state index contributed by atoms with van der Waals surface area (Å²) in [4.78, 5) is 24.7. The third-order valence-corrected chi connectivity index (χ3v) is 2.51. The van der Waals surface area contributed by atoms with Gasteiger partial charge in [0.05, 0.1) is 6.61 Å². The standard InChI is InChI=1S/C11H11N3O4/c12-11(18)14-9-8(10(16)17)6-2-1-5(4-15)3-7(6)13-9/h1-3,13,15H,4H2,(H,16,17)(H3,12,14,18). The van der Waals surface area contributed by atoms with Crippen molar-refractivity contribution < 1.29 is 19.8 Å². The molecule has 7 nitrogen and oxygen atoms in total. The highest BCUT2D eigenvalue weighted by Gasteiger charge is 2.18. The Morgan fingerprint density at radius 2 is 2.11 bits per heavy atom. The maximum atomic E-state index is 11.2. The van der Waals surface area contributed by atoms with Crippen LogP contribution in [0.1, 0.15) is 15.9 Å². The number of amides is 2. The van der Waals surface area contributed by atoms with Crippen LogP contribution in [0.25, 0.3) is 10.9 Å². The Balaban J connectivity index is 2.66. The summed E-state index contributed by atoms with van der Waals surface area (Å²) in [6.45, 7) is -0.157. The van der Waals surface area contributed by atoms with Gasteiger partial charge in [-0.15, -0.1) is 0 Å². The second kappa shape index (κ2) is 4.38. The molecule has 0 spiro atoms. The van der Waals surface area contributed by atoms with Crippen LogP contribution in [0.3, 0.4) is 0 Å². The topological polar surface area (TPSA) is 128 Å². The van der Waals surface area contributed by atoms with Crippen LogP contribution in [0.5, 0.6) is 0 Å². The lowest BCUT2D eigenvalue weighted by molar-refractivity contribution is 0.0700. The number of aromatic carboxylic acids is 1. The number of rotatable bonds is 3. The molecule has 0 saturated carbocycles. The highest BCUT2D eigenvalue weighted by Crippen LogP contribution is 2.27. The minimum Gasteiger partial charge on any atom is -0.478 e. The molecule has 0 aliphatic rings. The third kappa shape index (κ3) is 1.98. The van der Waals surface area contributed by atoms with Crippen LogP contribution in [-0.2, 0) is 6.61 Å². The van der Waals surface area contributed by atoms with Crippen molar-refractivity contribution in [3.63, 3.8) is 0 Å². The van der Waals surface area contributed by atoms with Crippen LogP contribution in [0.4, 0.5) is 10.6 Å². The van der Waals surface area contributed by atoms with Gasteiger partial charge in [0.1, 0.15) is 11.4 Å². The molecule has 2 amide bonds. The van der Waals surface area contributed by atoms with Gasteiger partial charge in [-0.2, -0.15) is 0 Å². The molecule has 2 rings (SSSR count). The molecule has 1 aromatic carbocycles. The quantitative estimate of drug-likeness (QED) is 0.552. The van der Waals surface area contributed by atoms with Crippen molar-refractivity contribution >= 4 is 28.7 Å². The number of carboxylic acid groups (broad SMARTS) is 1. The molecule has 1 aromatic heterocycles. The molecule has 0 fully saturated rings. The number of aromatic amines is 1. The molecule has 0 unspecified atom stereocenters. The molecule has 0 saturated heterocycles. The number of aromatic nitrogens is 1. The second-order valence-corrected chi connectivity index (χ2v) is 3.71. The van der Waals surface area contributed by atoms with Crippen LogP contribution >= 0.6 is 0 Å². The summed E-state index contributed by atoms with van der Waals surface area (Å²) in [5, 5.41) is 20.8. The minimum atomic E-state index is -1.18. The van der Waals surface area contributed by atoms with Crippen molar-refractivity contribution in [2.45, 2.75) is 6.61 Å². The van der Waals surface area contributed by atoms with E-state index in [1.807, 2.05) is 0 Å². The first-order valence-corrected chi connectivity index (χ1v) is 5.08. The van der Waals surface area contributed by atoms with E-state index in [0.29, 0.717) is 16.5 Å². The van der Waals surface area contributed by atoms with E-state index in [1.165, 1.54) is 0 Å². The summed E-state index contributed by atoms with van der Waals surface area (Å²) in [7, 11) is 0. The van der Waals surface area contributed by atoms with Gasteiger partial charge in [0.15, 0.2) is 0 Å². The molecule has 0 atom stereocenters. The number of nitrogens with two attached hydrogens (primary N) is 1. The molecular formula is C11H11N3O4. The lowest BCUT2D eigenvalue weighted by atomic mass is 10.1. The largest absolute Gasteiger partial charge is 0.478 e. The Morgan fingerprint density at radius 3 is 2.67 bits per heavy atom. The van der Waals surface area contributed by atoms with Crippen molar-refractivity contribution in [1.82, 2.24) is 4.98 Å². The lowest BCUT2D eigenvalue weighted by Crippen LogP contribution is -2.20. The van der Waals surface area contributed by atoms with Crippen molar-refractivity contribution in [3.8, 4) is 0 Å². The molecule has 0 radical (unpaired) electrons. The number of carbonyl (C=O) groups is 2. The van der Waals surface area contributed by atoms with Gasteiger partial charge in [-0.3, -0.25) is 5.32 Å². The van der Waals surface area contributed by atoms with E-state index in [1.54, 1.807) is 18.2 Å². The number of urea groups is 1. The number of aliphatic hydroxyl groups is 1. The zero-order chi connectivity index (χ0) is 13.3. The van der Waals surface area contributed by atoms with Gasteiger partial charge in [-0.25, -0.2) is 9.59 Å². The third-order valence-electron chi connectivity index (χ3n) is 2.51. The van der Waals surface area contributed by atoms with Crippen molar-refractivity contribution in [1.29, 1.82) is 0 Å². The number of benzene rings is 1. The molecule has 18 heavy (non-hydrogen) atoms. The van der Waals surface area contributed by atoms with E-state index in [4.69, 9.17) is 15.9 Å². The van der Waals surface area contributed by atoms with E-state index >= 15 is 0 Å². The summed E-state index contributed by atoms with van der Waals surface area (Å²) in [6, 6.07) is 3.92. The Morgan fingerprint density at radius 1 is 1.39 bits per heavy atom. The van der Waals surface area contributed by atoms with Crippen molar-refractivity contribution in [2.75, 3.05) is 5.32 Å². The predicted octanol–water partition coefficient (Wildman–Crippen LogP) is 0.849. The summed E-state index contributed by atoms with van der Waals surface area (Å²) in [5.41, 5.74) is 6.04. The zero-order valence-corrected chi connectivity index (χ0v) is 9.23. The van der Waals surface area contributed by atoms with E-state index in [0.717, 1.165) is 0 Å². The van der Waals surface area contributed by atoms with Crippen LogP contribution < -0.4 is 11.1 Å². The van der Waals surface area contributed by atoms with Gasteiger partial charge in [-0.1, -0.05) is 12.1 Å². The maximum absolute atomic E-state index is 11.2. The normalized spacial score (nSPS) is 10.5. The summed E-state index contributed by atoms with van der Waals surface area (Å²) < 4.78 is 0. The first kappa shape index (κ1) is 11.9. The van der Waals surface area contributed by atoms with Gasteiger partial charge in [0.25, 0.3) is 0 Å². The molecule has 0 bridgehead atoms. The molecule has 94 valence electrons. The number of nitrogens with one attached hydrogen (secondary N) is 2. The number of anilines is 1. The van der Waals surface area contributed by atoms with E-state index in [-0.39, 0.29) is 18.0 Å². The molecular weight excluding hydrogens is 238 g/mol. The van der Waals surface area contributed by atoms with E-state index in [9.17, 15) is 9.59 Å². The highest BCUT2D eigenvalue weighted by atomic mass is 16.4. The first-order valence-electron chi connectivity index (χ1n) is 5.08. The number of H-pyrrole nitrogens is 1. The fourth-order valence-electron chi connectivity index (χ4n) is 1.78. The average molecular weight is 249 g/mol. The van der Waals surface area contributed by atoms with Crippen LogP contribution in [0.2, 0.25) is 0 Å². The highest BCUT2D eigenvalue weighted by molar-refractivity contribution is 6.10. The average Bonchev–Trinajstić information content (AvgIpc) is 2.64. The number of primary amides is 1. The summed E-state index contributed by atoms with van der Waals surface area (Å²) in [5.74, 6) is -1.15. The SMILES string of the molecule is NC(=O)Nc1[nH]c2cc(CO)ccc2c1C(=O)O.